The average molecular weight is 291 g/mol. The Hall–Kier alpha value is -2.17. The molecular formula is C16H18FNO3. The molecule has 4 nitrogen and oxygen atoms in total. The van der Waals surface area contributed by atoms with E-state index in [4.69, 9.17) is 5.11 Å². The second-order valence-electron chi connectivity index (χ2n) is 5.19. The number of carboxylic acids is 1. The van der Waals surface area contributed by atoms with E-state index in [1.54, 1.807) is 0 Å². The number of hydrogen-bond donors (Lipinski definition) is 2. The Morgan fingerprint density at radius 2 is 2.00 bits per heavy atom. The largest absolute Gasteiger partial charge is 0.481 e. The number of carbonyl (C=O) groups excluding carboxylic acids is 1. The van der Waals surface area contributed by atoms with Crippen LogP contribution in [0.25, 0.3) is 0 Å². The molecule has 1 aliphatic rings. The van der Waals surface area contributed by atoms with Crippen LogP contribution in [-0.2, 0) is 9.59 Å². The van der Waals surface area contributed by atoms with E-state index in [0.717, 1.165) is 12.8 Å². The van der Waals surface area contributed by atoms with E-state index in [1.807, 2.05) is 12.2 Å². The summed E-state index contributed by atoms with van der Waals surface area (Å²) in [6.45, 7) is 0. The lowest BCUT2D eigenvalue weighted by molar-refractivity contribution is -0.138. The van der Waals surface area contributed by atoms with Gasteiger partial charge in [-0.2, -0.15) is 0 Å². The highest BCUT2D eigenvalue weighted by Gasteiger charge is 2.24. The van der Waals surface area contributed by atoms with Crippen LogP contribution in [-0.4, -0.2) is 17.0 Å². The molecule has 0 aliphatic heterocycles. The lowest BCUT2D eigenvalue weighted by Crippen LogP contribution is -2.35. The molecule has 2 atom stereocenters. The molecule has 112 valence electrons. The number of amides is 1. The Morgan fingerprint density at radius 1 is 1.29 bits per heavy atom. The van der Waals surface area contributed by atoms with Gasteiger partial charge >= 0.3 is 5.97 Å². The van der Waals surface area contributed by atoms with Gasteiger partial charge in [0.15, 0.2) is 0 Å². The summed E-state index contributed by atoms with van der Waals surface area (Å²) in [6, 6.07) is 4.90. The first-order valence-electron chi connectivity index (χ1n) is 6.99. The van der Waals surface area contributed by atoms with Gasteiger partial charge < -0.3 is 10.4 Å². The Morgan fingerprint density at radius 3 is 2.57 bits per heavy atom. The molecule has 1 amide bonds. The number of allylic oxidation sites excluding steroid dienone is 2. The highest BCUT2D eigenvalue weighted by molar-refractivity contribution is 5.80. The fourth-order valence-electron chi connectivity index (χ4n) is 2.44. The zero-order valence-electron chi connectivity index (χ0n) is 11.6. The van der Waals surface area contributed by atoms with Crippen LogP contribution in [0, 0.1) is 11.7 Å². The number of carboxylic acid groups (broad SMARTS) is 1. The molecule has 1 aromatic carbocycles. The van der Waals surface area contributed by atoms with Gasteiger partial charge in [-0.05, 0) is 37.0 Å². The SMILES string of the molecule is O=C(O)C[C@@H](NC(=O)[C@H]1CC=CCC1)c1ccc(F)cc1. The molecule has 0 saturated carbocycles. The third kappa shape index (κ3) is 4.41. The monoisotopic (exact) mass is 291 g/mol. The minimum atomic E-state index is -1.01. The molecule has 1 aromatic rings. The van der Waals surface area contributed by atoms with E-state index in [-0.39, 0.29) is 18.2 Å². The van der Waals surface area contributed by atoms with Gasteiger partial charge in [0.2, 0.25) is 5.91 Å². The second kappa shape index (κ2) is 7.02. The Kier molecular flexibility index (Phi) is 5.09. The molecule has 0 aromatic heterocycles. The number of aliphatic carboxylic acids is 1. The predicted octanol–water partition coefficient (Wildman–Crippen LogP) is 2.81. The fourth-order valence-corrected chi connectivity index (χ4v) is 2.44. The van der Waals surface area contributed by atoms with E-state index < -0.39 is 17.8 Å². The van der Waals surface area contributed by atoms with Crippen LogP contribution in [0.3, 0.4) is 0 Å². The second-order valence-corrected chi connectivity index (χ2v) is 5.19. The number of carbonyl (C=O) groups is 2. The Bertz CT molecular complexity index is 539. The third-order valence-corrected chi connectivity index (χ3v) is 3.61. The molecular weight excluding hydrogens is 273 g/mol. The van der Waals surface area contributed by atoms with Crippen molar-refractivity contribution in [2.24, 2.45) is 5.92 Å². The first-order valence-corrected chi connectivity index (χ1v) is 6.99. The third-order valence-electron chi connectivity index (χ3n) is 3.61. The molecule has 2 rings (SSSR count). The zero-order valence-corrected chi connectivity index (χ0v) is 11.6. The summed E-state index contributed by atoms with van der Waals surface area (Å²) in [7, 11) is 0. The topological polar surface area (TPSA) is 66.4 Å². The van der Waals surface area contributed by atoms with E-state index in [0.29, 0.717) is 12.0 Å². The van der Waals surface area contributed by atoms with Crippen molar-refractivity contribution in [3.05, 3.63) is 47.8 Å². The first kappa shape index (κ1) is 15.2. The summed E-state index contributed by atoms with van der Waals surface area (Å²) in [5.74, 6) is -1.66. The average Bonchev–Trinajstić information content (AvgIpc) is 2.48. The summed E-state index contributed by atoms with van der Waals surface area (Å²) >= 11 is 0. The van der Waals surface area contributed by atoms with Crippen LogP contribution < -0.4 is 5.32 Å². The van der Waals surface area contributed by atoms with Crippen molar-refractivity contribution < 1.29 is 19.1 Å². The van der Waals surface area contributed by atoms with Crippen molar-refractivity contribution in [3.63, 3.8) is 0 Å². The maximum Gasteiger partial charge on any atom is 0.305 e. The van der Waals surface area contributed by atoms with Crippen LogP contribution >= 0.6 is 0 Å². The summed E-state index contributed by atoms with van der Waals surface area (Å²) in [5.41, 5.74) is 0.596. The molecule has 0 fully saturated rings. The summed E-state index contributed by atoms with van der Waals surface area (Å²) in [4.78, 5) is 23.2. The van der Waals surface area contributed by atoms with Crippen LogP contribution in [0.2, 0.25) is 0 Å². The molecule has 2 N–H and O–H groups in total. The van der Waals surface area contributed by atoms with Gasteiger partial charge in [0.05, 0.1) is 12.5 Å². The standard InChI is InChI=1S/C16H18FNO3/c17-13-8-6-11(7-9-13)14(10-15(19)20)18-16(21)12-4-2-1-3-5-12/h1-2,6-9,12,14H,3-5,10H2,(H,18,21)(H,19,20)/t12-,14+/m0/s1. The quantitative estimate of drug-likeness (QED) is 0.820. The first-order chi connectivity index (χ1) is 10.1. The van der Waals surface area contributed by atoms with Gasteiger partial charge in [-0.3, -0.25) is 9.59 Å². The van der Waals surface area contributed by atoms with E-state index >= 15 is 0 Å². The molecule has 0 bridgehead atoms. The lowest BCUT2D eigenvalue weighted by atomic mass is 9.92. The molecule has 0 spiro atoms. The number of rotatable bonds is 5. The molecule has 0 radical (unpaired) electrons. The summed E-state index contributed by atoms with van der Waals surface area (Å²) in [6.07, 6.45) is 6.09. The molecule has 1 aliphatic carbocycles. The highest BCUT2D eigenvalue weighted by atomic mass is 19.1. The van der Waals surface area contributed by atoms with E-state index in [9.17, 15) is 14.0 Å². The minimum Gasteiger partial charge on any atom is -0.481 e. The van der Waals surface area contributed by atoms with Crippen molar-refractivity contribution >= 4 is 11.9 Å². The Balaban J connectivity index is 2.08. The molecule has 21 heavy (non-hydrogen) atoms. The maximum absolute atomic E-state index is 13.0. The molecule has 0 heterocycles. The van der Waals surface area contributed by atoms with E-state index in [2.05, 4.69) is 5.32 Å². The van der Waals surface area contributed by atoms with Crippen LogP contribution in [0.4, 0.5) is 4.39 Å². The smallest absolute Gasteiger partial charge is 0.305 e. The van der Waals surface area contributed by atoms with Crippen molar-refractivity contribution in [3.8, 4) is 0 Å². The van der Waals surface area contributed by atoms with Gasteiger partial charge in [-0.1, -0.05) is 24.3 Å². The van der Waals surface area contributed by atoms with E-state index in [1.165, 1.54) is 24.3 Å². The number of halogens is 1. The molecule has 0 saturated heterocycles. The fraction of sp³-hybridized carbons (Fsp3) is 0.375. The van der Waals surface area contributed by atoms with Gasteiger partial charge in [-0.25, -0.2) is 4.39 Å². The summed E-state index contributed by atoms with van der Waals surface area (Å²) < 4.78 is 13.0. The maximum atomic E-state index is 13.0. The highest BCUT2D eigenvalue weighted by Crippen LogP contribution is 2.22. The van der Waals surface area contributed by atoms with Crippen LogP contribution in [0.5, 0.6) is 0 Å². The number of nitrogens with one attached hydrogen (secondary N) is 1. The van der Waals surface area contributed by atoms with Crippen LogP contribution in [0.1, 0.15) is 37.3 Å². The zero-order chi connectivity index (χ0) is 15.2. The normalized spacial score (nSPS) is 19.0. The van der Waals surface area contributed by atoms with Crippen molar-refractivity contribution in [2.75, 3.05) is 0 Å². The summed E-state index contributed by atoms with van der Waals surface area (Å²) in [5, 5.41) is 11.8. The Labute approximate surface area is 122 Å². The van der Waals surface area contributed by atoms with Crippen molar-refractivity contribution in [2.45, 2.75) is 31.7 Å². The number of benzene rings is 1. The number of hydrogen-bond acceptors (Lipinski definition) is 2. The van der Waals surface area contributed by atoms with Crippen LogP contribution in [0.15, 0.2) is 36.4 Å². The van der Waals surface area contributed by atoms with Crippen molar-refractivity contribution in [1.82, 2.24) is 5.32 Å². The molecule has 5 heteroatoms. The van der Waals surface area contributed by atoms with Gasteiger partial charge in [0.1, 0.15) is 5.82 Å². The minimum absolute atomic E-state index is 0.119. The van der Waals surface area contributed by atoms with Crippen molar-refractivity contribution in [1.29, 1.82) is 0 Å². The van der Waals surface area contributed by atoms with Gasteiger partial charge in [0.25, 0.3) is 0 Å². The lowest BCUT2D eigenvalue weighted by Gasteiger charge is -2.22. The van der Waals surface area contributed by atoms with Gasteiger partial charge in [0, 0.05) is 5.92 Å². The molecule has 0 unspecified atom stereocenters. The van der Waals surface area contributed by atoms with Gasteiger partial charge in [-0.15, -0.1) is 0 Å². The predicted molar refractivity (Wildman–Crippen MR) is 76.0 cm³/mol.